The number of nitrogens with zero attached hydrogens (tertiary/aromatic N) is 1. The van der Waals surface area contributed by atoms with E-state index in [-0.39, 0.29) is 25.2 Å². The van der Waals surface area contributed by atoms with Crippen LogP contribution in [0.3, 0.4) is 0 Å². The topological polar surface area (TPSA) is 152 Å². The van der Waals surface area contributed by atoms with E-state index in [0.29, 0.717) is 36.0 Å². The third kappa shape index (κ3) is 4.67. The summed E-state index contributed by atoms with van der Waals surface area (Å²) in [4.78, 5) is 54.1. The maximum atomic E-state index is 17.6. The van der Waals surface area contributed by atoms with E-state index in [9.17, 15) is 29.6 Å². The van der Waals surface area contributed by atoms with Gasteiger partial charge in [0.2, 0.25) is 5.78 Å². The van der Waals surface area contributed by atoms with E-state index < -0.39 is 75.4 Å². The highest BCUT2D eigenvalue weighted by molar-refractivity contribution is 6.01. The predicted molar refractivity (Wildman–Crippen MR) is 154 cm³/mol. The van der Waals surface area contributed by atoms with Crippen LogP contribution in [0, 0.1) is 32.8 Å². The number of rotatable bonds is 8. The van der Waals surface area contributed by atoms with Crippen molar-refractivity contribution in [1.29, 1.82) is 0 Å². The molecule has 1 N–H and O–H groups in total. The second-order valence-corrected chi connectivity index (χ2v) is 13.9. The number of benzene rings is 1. The number of Topliss-reactive ketones (excluding diaryl/α,β-unsaturated/α-hetero) is 1. The second-order valence-electron chi connectivity index (χ2n) is 13.9. The Morgan fingerprint density at radius 2 is 1.91 bits per heavy atom. The Hall–Kier alpha value is -3.48. The summed E-state index contributed by atoms with van der Waals surface area (Å²) >= 11 is 0. The smallest absolute Gasteiger partial charge is 0.310 e. The SMILES string of the molecule is CC1(C)O[C@@H]2C[C@H]3C4CCC5=CC(=O)C=C[C@]5(C)[C@@]4(F)[C@@H](O)C[C@]3(C)[C@]2(C(=O)COC(=O)Cc2cccc(CO[N+](=O)[O-])c2)O1. The van der Waals surface area contributed by atoms with Gasteiger partial charge in [0, 0.05) is 16.7 Å². The van der Waals surface area contributed by atoms with Gasteiger partial charge in [-0.15, -0.1) is 10.1 Å². The Balaban J connectivity index is 1.24. The predicted octanol–water partition coefficient (Wildman–Crippen LogP) is 3.92. The highest BCUT2D eigenvalue weighted by Gasteiger charge is 2.80. The van der Waals surface area contributed by atoms with E-state index in [2.05, 4.69) is 4.84 Å². The van der Waals surface area contributed by atoms with Crippen LogP contribution in [0.2, 0.25) is 0 Å². The monoisotopic (exact) mass is 627 g/mol. The molecule has 3 saturated carbocycles. The molecule has 5 aliphatic rings. The highest BCUT2D eigenvalue weighted by Crippen LogP contribution is 2.72. The van der Waals surface area contributed by atoms with Crippen molar-refractivity contribution in [2.75, 3.05) is 6.61 Å². The van der Waals surface area contributed by atoms with Gasteiger partial charge in [-0.2, -0.15) is 0 Å². The lowest BCUT2D eigenvalue weighted by molar-refractivity contribution is -0.763. The molecule has 0 radical (unpaired) electrons. The summed E-state index contributed by atoms with van der Waals surface area (Å²) in [5.41, 5.74) is -4.23. The molecule has 6 rings (SSSR count). The second kappa shape index (κ2) is 10.5. The Bertz CT molecular complexity index is 1520. The fourth-order valence-electron chi connectivity index (χ4n) is 9.24. The molecule has 1 heterocycles. The number of allylic oxidation sites excluding steroid dienone is 4. The van der Waals surface area contributed by atoms with E-state index in [4.69, 9.17) is 14.2 Å². The van der Waals surface area contributed by atoms with Gasteiger partial charge < -0.3 is 24.2 Å². The van der Waals surface area contributed by atoms with E-state index in [1.807, 2.05) is 6.92 Å². The number of hydrogen-bond acceptors (Lipinski definition) is 10. The lowest BCUT2D eigenvalue weighted by Gasteiger charge is -2.62. The van der Waals surface area contributed by atoms with Crippen LogP contribution in [-0.2, 0) is 46.5 Å². The quantitative estimate of drug-likeness (QED) is 0.255. The van der Waals surface area contributed by atoms with Gasteiger partial charge in [-0.05, 0) is 75.7 Å². The molecule has 4 aliphatic carbocycles. The standard InChI is InChI=1S/C33H38FNO10/c1-29(2)44-27-15-24-23-9-8-21-14-22(36)10-11-30(21,3)32(23,34)25(37)16-31(24,4)33(27,45-29)26(38)18-42-28(39)13-19-6-5-7-20(12-19)17-43-35(40)41/h5-7,10-12,14,23-25,27,37H,8-9,13,15-18H2,1-4H3/t23?,24-,25-,27+,30-,31-,32-,33+/m0/s1. The van der Waals surface area contributed by atoms with Crippen LogP contribution < -0.4 is 0 Å². The zero-order chi connectivity index (χ0) is 32.6. The van der Waals surface area contributed by atoms with Crippen molar-refractivity contribution in [3.8, 4) is 0 Å². The van der Waals surface area contributed by atoms with Crippen molar-refractivity contribution >= 4 is 17.5 Å². The first-order chi connectivity index (χ1) is 21.1. The van der Waals surface area contributed by atoms with Crippen molar-refractivity contribution in [1.82, 2.24) is 0 Å². The molecule has 45 heavy (non-hydrogen) atoms. The van der Waals surface area contributed by atoms with Gasteiger partial charge >= 0.3 is 5.97 Å². The first kappa shape index (κ1) is 31.5. The highest BCUT2D eigenvalue weighted by atomic mass is 19.1. The van der Waals surface area contributed by atoms with E-state index >= 15 is 4.39 Å². The molecular weight excluding hydrogens is 589 g/mol. The van der Waals surface area contributed by atoms with Gasteiger partial charge in [0.05, 0.1) is 18.6 Å². The van der Waals surface area contributed by atoms with Gasteiger partial charge in [0.1, 0.15) is 6.61 Å². The summed E-state index contributed by atoms with van der Waals surface area (Å²) < 4.78 is 35.8. The summed E-state index contributed by atoms with van der Waals surface area (Å²) in [5.74, 6) is -3.61. The minimum absolute atomic E-state index is 0.0933. The van der Waals surface area contributed by atoms with Crippen LogP contribution in [0.1, 0.15) is 64.5 Å². The molecule has 12 heteroatoms. The normalized spacial score (nSPS) is 39.2. The van der Waals surface area contributed by atoms with Gasteiger partial charge in [-0.1, -0.05) is 42.8 Å². The number of fused-ring (bicyclic) bond motifs is 7. The molecule has 11 nitrogen and oxygen atoms in total. The number of carbonyl (C=O) groups excluding carboxylic acids is 3. The molecule has 242 valence electrons. The number of alkyl halides is 1. The number of aliphatic hydroxyl groups is 1. The van der Waals surface area contributed by atoms with Crippen molar-refractivity contribution in [3.63, 3.8) is 0 Å². The van der Waals surface area contributed by atoms with Crippen LogP contribution in [0.15, 0.2) is 48.1 Å². The van der Waals surface area contributed by atoms with Crippen molar-refractivity contribution in [2.45, 2.75) is 95.7 Å². The molecule has 8 atom stereocenters. The maximum absolute atomic E-state index is 17.6. The van der Waals surface area contributed by atoms with Crippen LogP contribution >= 0.6 is 0 Å². The van der Waals surface area contributed by atoms with Gasteiger partial charge in [-0.3, -0.25) is 14.4 Å². The molecule has 0 amide bonds. The minimum atomic E-state index is -2.08. The molecule has 0 bridgehead atoms. The number of aliphatic hydroxyl groups excluding tert-OH is 1. The van der Waals surface area contributed by atoms with Crippen LogP contribution in [0.25, 0.3) is 0 Å². The Morgan fingerprint density at radius 3 is 2.64 bits per heavy atom. The average molecular weight is 628 g/mol. The molecular formula is C33H38FNO10. The van der Waals surface area contributed by atoms with E-state index in [1.165, 1.54) is 12.2 Å². The number of ether oxygens (including phenoxy) is 3. The molecule has 1 aromatic rings. The molecule has 1 unspecified atom stereocenters. The number of carbonyl (C=O) groups is 3. The van der Waals surface area contributed by atoms with Crippen LogP contribution in [0.5, 0.6) is 0 Å². The third-order valence-corrected chi connectivity index (χ3v) is 11.1. The maximum Gasteiger partial charge on any atom is 0.310 e. The lowest BCUT2D eigenvalue weighted by atomic mass is 9.44. The summed E-state index contributed by atoms with van der Waals surface area (Å²) in [7, 11) is 0. The van der Waals surface area contributed by atoms with Gasteiger partial charge in [0.25, 0.3) is 5.09 Å². The molecule has 1 saturated heterocycles. The molecule has 0 spiro atoms. The number of hydrogen-bond donors (Lipinski definition) is 1. The minimum Gasteiger partial charge on any atom is -0.457 e. The van der Waals surface area contributed by atoms with Gasteiger partial charge in [0.15, 0.2) is 29.4 Å². The summed E-state index contributed by atoms with van der Waals surface area (Å²) in [6, 6.07) is 6.49. The summed E-state index contributed by atoms with van der Waals surface area (Å²) in [5, 5.41) is 21.3. The van der Waals surface area contributed by atoms with Gasteiger partial charge in [-0.25, -0.2) is 4.39 Å². The lowest BCUT2D eigenvalue weighted by Crippen LogP contribution is -2.70. The first-order valence-corrected chi connectivity index (χ1v) is 15.3. The van der Waals surface area contributed by atoms with E-state index in [0.717, 1.165) is 0 Å². The zero-order valence-corrected chi connectivity index (χ0v) is 25.7. The summed E-state index contributed by atoms with van der Waals surface area (Å²) in [6.45, 7) is 6.08. The number of esters is 1. The molecule has 4 fully saturated rings. The zero-order valence-electron chi connectivity index (χ0n) is 25.7. The fraction of sp³-hybridized carbons (Fsp3) is 0.606. The third-order valence-electron chi connectivity index (χ3n) is 11.1. The molecule has 0 aromatic heterocycles. The Labute approximate surface area is 259 Å². The van der Waals surface area contributed by atoms with Crippen LogP contribution in [-0.4, -0.2) is 63.6 Å². The number of halogens is 1. The first-order valence-electron chi connectivity index (χ1n) is 15.3. The van der Waals surface area contributed by atoms with Crippen molar-refractivity contribution in [2.24, 2.45) is 22.7 Å². The van der Waals surface area contributed by atoms with Crippen LogP contribution in [0.4, 0.5) is 4.39 Å². The Kier molecular flexibility index (Phi) is 7.37. The fourth-order valence-corrected chi connectivity index (χ4v) is 9.24. The molecule has 1 aliphatic heterocycles. The molecule has 1 aromatic carbocycles. The average Bonchev–Trinajstić information content (AvgIpc) is 3.37. The van der Waals surface area contributed by atoms with E-state index in [1.54, 1.807) is 51.1 Å². The number of ketones is 2. The summed E-state index contributed by atoms with van der Waals surface area (Å²) in [6.07, 6.45) is 3.11. The largest absolute Gasteiger partial charge is 0.457 e. The van der Waals surface area contributed by atoms with Crippen molar-refractivity contribution in [3.05, 3.63) is 69.3 Å². The Morgan fingerprint density at radius 1 is 1.18 bits per heavy atom. The van der Waals surface area contributed by atoms with Crippen molar-refractivity contribution < 1.29 is 48.0 Å².